The van der Waals surface area contributed by atoms with Gasteiger partial charge >= 0.3 is 5.97 Å². The van der Waals surface area contributed by atoms with Crippen molar-refractivity contribution in [3.8, 4) is 0 Å². The number of carboxylic acids is 1. The number of pyridine rings is 1. The Morgan fingerprint density at radius 1 is 1.08 bits per heavy atom. The second-order valence-electron chi connectivity index (χ2n) is 10.0. The summed E-state index contributed by atoms with van der Waals surface area (Å²) in [5.74, 6) is -0.385. The molecule has 3 rings (SSSR count). The molecule has 2 aromatic heterocycles. The van der Waals surface area contributed by atoms with Crippen molar-refractivity contribution in [1.82, 2.24) is 14.3 Å². The van der Waals surface area contributed by atoms with Gasteiger partial charge in [0.15, 0.2) is 0 Å². The van der Waals surface area contributed by atoms with E-state index in [1.54, 1.807) is 17.2 Å². The van der Waals surface area contributed by atoms with Crippen LogP contribution in [-0.4, -0.2) is 48.7 Å². The Bertz CT molecular complexity index is 1260. The highest BCUT2D eigenvalue weighted by Gasteiger charge is 2.32. The lowest BCUT2D eigenvalue weighted by Crippen LogP contribution is -2.29. The van der Waals surface area contributed by atoms with Crippen LogP contribution in [0.1, 0.15) is 95.1 Å². The number of aromatic nitrogens is 2. The molecule has 10 heteroatoms. The van der Waals surface area contributed by atoms with Gasteiger partial charge in [-0.3, -0.25) is 23.7 Å². The Hall–Kier alpha value is -2.72. The zero-order valence-corrected chi connectivity index (χ0v) is 24.7. The summed E-state index contributed by atoms with van der Waals surface area (Å²) in [6.07, 6.45) is 14.7. The number of thioether (sulfide) groups is 1. The number of nitrogens with one attached hydrogen (secondary N) is 1. The van der Waals surface area contributed by atoms with Crippen molar-refractivity contribution in [1.29, 1.82) is 0 Å². The minimum absolute atomic E-state index is 0.158. The molecule has 8 nitrogen and oxygen atoms in total. The number of unbranched alkanes of at least 4 members (excludes halogenated alkanes) is 9. The largest absolute Gasteiger partial charge is 0.481 e. The number of carboxylic acid groups (broad SMARTS) is 1. The molecule has 0 aliphatic carbocycles. The molecule has 0 aromatic carbocycles. The molecule has 1 amide bonds. The number of carbonyl (C=O) groups is 2. The first-order valence-corrected chi connectivity index (χ1v) is 15.3. The smallest absolute Gasteiger partial charge is 0.303 e. The number of nitrogens with zero attached hydrogens (tertiary/aromatic N) is 3. The fourth-order valence-electron chi connectivity index (χ4n) is 4.59. The quantitative estimate of drug-likeness (QED) is 0.127. The molecule has 2 aromatic rings. The van der Waals surface area contributed by atoms with Crippen LogP contribution >= 0.6 is 24.0 Å². The number of amides is 1. The highest BCUT2D eigenvalue weighted by Crippen LogP contribution is 2.33. The van der Waals surface area contributed by atoms with Crippen molar-refractivity contribution in [3.05, 3.63) is 44.7 Å². The van der Waals surface area contributed by atoms with E-state index < -0.39 is 5.97 Å². The second kappa shape index (κ2) is 15.8. The maximum Gasteiger partial charge on any atom is 0.303 e. The minimum atomic E-state index is -0.726. The van der Waals surface area contributed by atoms with E-state index in [-0.39, 0.29) is 17.9 Å². The van der Waals surface area contributed by atoms with Crippen LogP contribution in [0.4, 0.5) is 5.82 Å². The summed E-state index contributed by atoms with van der Waals surface area (Å²) < 4.78 is 2.05. The minimum Gasteiger partial charge on any atom is -0.481 e. The van der Waals surface area contributed by atoms with E-state index in [1.165, 1.54) is 16.2 Å². The van der Waals surface area contributed by atoms with Crippen LogP contribution in [0, 0.1) is 6.92 Å². The third-order valence-corrected chi connectivity index (χ3v) is 8.21. The van der Waals surface area contributed by atoms with Crippen molar-refractivity contribution < 1.29 is 14.7 Å². The highest BCUT2D eigenvalue weighted by atomic mass is 32.2. The van der Waals surface area contributed by atoms with E-state index in [2.05, 4.69) is 12.2 Å². The lowest BCUT2D eigenvalue weighted by atomic mass is 10.1. The number of hydrogen-bond donors (Lipinski definition) is 2. The van der Waals surface area contributed by atoms with Crippen LogP contribution in [0.3, 0.4) is 0 Å². The van der Waals surface area contributed by atoms with E-state index in [0.717, 1.165) is 76.2 Å². The van der Waals surface area contributed by atoms with Crippen LogP contribution in [0.2, 0.25) is 0 Å². The summed E-state index contributed by atoms with van der Waals surface area (Å²) in [6, 6.07) is 3.75. The van der Waals surface area contributed by atoms with Gasteiger partial charge in [-0.05, 0) is 43.9 Å². The van der Waals surface area contributed by atoms with Crippen LogP contribution in [0.5, 0.6) is 0 Å². The maximum atomic E-state index is 13.5. The third kappa shape index (κ3) is 8.89. The molecule has 0 saturated carbocycles. The van der Waals surface area contributed by atoms with Gasteiger partial charge in [-0.15, -0.1) is 0 Å². The van der Waals surface area contributed by atoms with Crippen molar-refractivity contribution >= 4 is 57.7 Å². The molecule has 0 bridgehead atoms. The summed E-state index contributed by atoms with van der Waals surface area (Å²) in [5.41, 5.74) is 1.67. The summed E-state index contributed by atoms with van der Waals surface area (Å²) >= 11 is 6.76. The molecule has 1 aliphatic heterocycles. The average Bonchev–Trinajstić information content (AvgIpc) is 3.17. The summed E-state index contributed by atoms with van der Waals surface area (Å²) in [7, 11) is 0. The van der Waals surface area contributed by atoms with Gasteiger partial charge in [-0.25, -0.2) is 4.98 Å². The van der Waals surface area contributed by atoms with Gasteiger partial charge in [-0.2, -0.15) is 0 Å². The van der Waals surface area contributed by atoms with Gasteiger partial charge in [0.1, 0.15) is 15.8 Å². The van der Waals surface area contributed by atoms with E-state index >= 15 is 0 Å². The first-order valence-electron chi connectivity index (χ1n) is 14.1. The molecule has 0 unspecified atom stereocenters. The number of aryl methyl sites for hydroxylation is 1. The predicted octanol–water partition coefficient (Wildman–Crippen LogP) is 6.40. The number of fused-ring (bicyclic) bond motifs is 1. The average molecular weight is 573 g/mol. The molecule has 212 valence electrons. The Morgan fingerprint density at radius 2 is 1.77 bits per heavy atom. The Morgan fingerprint density at radius 3 is 2.46 bits per heavy atom. The Labute approximate surface area is 240 Å². The third-order valence-electron chi connectivity index (χ3n) is 6.83. The number of carbonyl (C=O) groups excluding carboxylic acids is 1. The summed E-state index contributed by atoms with van der Waals surface area (Å²) in [6.45, 7) is 5.34. The fraction of sp³-hybridized carbons (Fsp3) is 0.552. The lowest BCUT2D eigenvalue weighted by molar-refractivity contribution is -0.137. The molecule has 3 heterocycles. The van der Waals surface area contributed by atoms with Gasteiger partial charge < -0.3 is 10.4 Å². The number of thiocarbonyl (C=S) groups is 1. The highest BCUT2D eigenvalue weighted by molar-refractivity contribution is 8.26. The van der Waals surface area contributed by atoms with E-state index in [1.807, 2.05) is 19.1 Å². The number of anilines is 1. The molecule has 1 aliphatic rings. The van der Waals surface area contributed by atoms with Crippen molar-refractivity contribution in [3.63, 3.8) is 0 Å². The zero-order valence-electron chi connectivity index (χ0n) is 23.0. The number of rotatable bonds is 17. The SMILES string of the molecule is CCCCCNc1nc2c(C)cccn2c(=O)c1C=C1SC(=S)N(CCCCCCCCCCC(=O)O)C1=O. The van der Waals surface area contributed by atoms with Crippen LogP contribution in [0.15, 0.2) is 28.0 Å². The normalized spacial score (nSPS) is 14.6. The van der Waals surface area contributed by atoms with Gasteiger partial charge in [-0.1, -0.05) is 88.3 Å². The van der Waals surface area contributed by atoms with Crippen molar-refractivity contribution in [2.75, 3.05) is 18.4 Å². The van der Waals surface area contributed by atoms with Gasteiger partial charge in [0, 0.05) is 25.7 Å². The summed E-state index contributed by atoms with van der Waals surface area (Å²) in [4.78, 5) is 44.1. The maximum absolute atomic E-state index is 13.5. The molecule has 39 heavy (non-hydrogen) atoms. The second-order valence-corrected chi connectivity index (χ2v) is 11.7. The predicted molar refractivity (Wildman–Crippen MR) is 163 cm³/mol. The summed E-state index contributed by atoms with van der Waals surface area (Å²) in [5, 5.41) is 12.0. The van der Waals surface area contributed by atoms with E-state index in [9.17, 15) is 14.4 Å². The molecule has 1 saturated heterocycles. The Kier molecular flexibility index (Phi) is 12.5. The number of aliphatic carboxylic acids is 1. The van der Waals surface area contributed by atoms with Crippen molar-refractivity contribution in [2.45, 2.75) is 90.9 Å². The standard InChI is InChI=1S/C29H40N4O4S2/c1-3-4-12-17-30-25-22(27(36)32-19-14-15-21(2)26(32)31-25)20-23-28(37)33(29(38)39-23)18-13-10-8-6-5-7-9-11-16-24(34)35/h14-15,19-20,30H,3-13,16-18H2,1-2H3,(H,34,35). The van der Waals surface area contributed by atoms with E-state index in [4.69, 9.17) is 22.3 Å². The van der Waals surface area contributed by atoms with Gasteiger partial charge in [0.05, 0.1) is 10.5 Å². The van der Waals surface area contributed by atoms with Gasteiger partial charge in [0.2, 0.25) is 0 Å². The molecular weight excluding hydrogens is 532 g/mol. The molecule has 0 radical (unpaired) electrons. The fourth-order valence-corrected chi connectivity index (χ4v) is 5.88. The molecule has 0 spiro atoms. The number of hydrogen-bond acceptors (Lipinski definition) is 7. The van der Waals surface area contributed by atoms with Crippen molar-refractivity contribution in [2.24, 2.45) is 0 Å². The zero-order chi connectivity index (χ0) is 28.2. The van der Waals surface area contributed by atoms with Crippen LogP contribution < -0.4 is 10.9 Å². The van der Waals surface area contributed by atoms with Gasteiger partial charge in [0.25, 0.3) is 11.5 Å². The Balaban J connectivity index is 1.62. The molecule has 0 atom stereocenters. The molecule has 1 fully saturated rings. The topological polar surface area (TPSA) is 104 Å². The molecular formula is C29H40N4O4S2. The first kappa shape index (κ1) is 30.8. The molecule has 2 N–H and O–H groups in total. The van der Waals surface area contributed by atoms with Crippen LogP contribution in [0.25, 0.3) is 11.7 Å². The monoisotopic (exact) mass is 572 g/mol. The van der Waals surface area contributed by atoms with Crippen LogP contribution in [-0.2, 0) is 9.59 Å². The first-order chi connectivity index (χ1) is 18.8. The van der Waals surface area contributed by atoms with E-state index in [0.29, 0.717) is 39.3 Å². The lowest BCUT2D eigenvalue weighted by Gasteiger charge is -2.14.